The van der Waals surface area contributed by atoms with E-state index in [-0.39, 0.29) is 12.0 Å². The van der Waals surface area contributed by atoms with Crippen LogP contribution in [0.2, 0.25) is 0 Å². The van der Waals surface area contributed by atoms with E-state index in [0.29, 0.717) is 6.54 Å². The highest BCUT2D eigenvalue weighted by Gasteiger charge is 2.46. The first-order valence-corrected chi connectivity index (χ1v) is 3.52. The van der Waals surface area contributed by atoms with Crippen molar-refractivity contribution < 1.29 is 9.90 Å². The first kappa shape index (κ1) is 6.12. The van der Waals surface area contributed by atoms with E-state index in [2.05, 4.69) is 5.43 Å². The van der Waals surface area contributed by atoms with Crippen LogP contribution in [0.3, 0.4) is 0 Å². The molecule has 0 saturated carbocycles. The van der Waals surface area contributed by atoms with Gasteiger partial charge in [-0.2, -0.15) is 0 Å². The second kappa shape index (κ2) is 1.93. The van der Waals surface area contributed by atoms with Crippen molar-refractivity contribution in [1.29, 1.82) is 0 Å². The molecule has 0 aromatic rings. The Balaban J connectivity index is 2.00. The van der Waals surface area contributed by atoms with Gasteiger partial charge in [-0.3, -0.25) is 10.2 Å². The zero-order valence-corrected chi connectivity index (χ0v) is 5.58. The van der Waals surface area contributed by atoms with Crippen molar-refractivity contribution in [2.75, 3.05) is 13.1 Å². The molecule has 2 aliphatic heterocycles. The van der Waals surface area contributed by atoms with Crippen molar-refractivity contribution in [2.24, 2.45) is 5.92 Å². The number of hydrogen-bond donors (Lipinski definition) is 2. The van der Waals surface area contributed by atoms with Gasteiger partial charge >= 0.3 is 5.97 Å². The Labute approximate surface area is 58.8 Å². The van der Waals surface area contributed by atoms with E-state index >= 15 is 0 Å². The monoisotopic (exact) mass is 142 g/mol. The number of rotatable bonds is 1. The molecule has 2 heterocycles. The van der Waals surface area contributed by atoms with Crippen LogP contribution in [0.5, 0.6) is 0 Å². The number of nitrogens with one attached hydrogen (secondary N) is 1. The SMILES string of the molecule is O=C(O)C1CN2NCCC12. The minimum atomic E-state index is -0.648. The van der Waals surface area contributed by atoms with E-state index in [1.165, 1.54) is 0 Å². The molecule has 2 atom stereocenters. The average Bonchev–Trinajstić information content (AvgIpc) is 2.11. The van der Waals surface area contributed by atoms with E-state index < -0.39 is 5.97 Å². The van der Waals surface area contributed by atoms with Gasteiger partial charge in [0.2, 0.25) is 0 Å². The van der Waals surface area contributed by atoms with Crippen LogP contribution in [0.1, 0.15) is 6.42 Å². The molecule has 56 valence electrons. The van der Waals surface area contributed by atoms with Gasteiger partial charge in [0.15, 0.2) is 0 Å². The standard InChI is InChI=1S/C6H10N2O2/c9-6(10)4-3-8-5(4)1-2-7-8/h4-5,7H,1-3H2,(H,9,10). The van der Waals surface area contributed by atoms with E-state index in [9.17, 15) is 4.79 Å². The molecule has 0 aromatic carbocycles. The Hall–Kier alpha value is -0.610. The van der Waals surface area contributed by atoms with Gasteiger partial charge in [-0.25, -0.2) is 5.01 Å². The fourth-order valence-corrected chi connectivity index (χ4v) is 1.69. The first-order chi connectivity index (χ1) is 4.79. The maximum atomic E-state index is 10.5. The van der Waals surface area contributed by atoms with E-state index in [1.54, 1.807) is 0 Å². The number of carboxylic acids is 1. The summed E-state index contributed by atoms with van der Waals surface area (Å²) in [4.78, 5) is 10.5. The molecule has 0 bridgehead atoms. The predicted octanol–water partition coefficient (Wildman–Crippen LogP) is -0.720. The third kappa shape index (κ3) is 0.660. The molecule has 0 radical (unpaired) electrons. The maximum Gasteiger partial charge on any atom is 0.309 e. The summed E-state index contributed by atoms with van der Waals surface area (Å²) in [5, 5.41) is 10.6. The molecule has 2 saturated heterocycles. The molecule has 2 aliphatic rings. The first-order valence-electron chi connectivity index (χ1n) is 3.52. The van der Waals surface area contributed by atoms with E-state index in [1.807, 2.05) is 5.01 Å². The van der Waals surface area contributed by atoms with Crippen molar-refractivity contribution in [3.63, 3.8) is 0 Å². The summed E-state index contributed by atoms with van der Waals surface area (Å²) < 4.78 is 0. The van der Waals surface area contributed by atoms with Crippen LogP contribution < -0.4 is 5.43 Å². The second-order valence-corrected chi connectivity index (χ2v) is 2.86. The Morgan fingerprint density at radius 2 is 2.50 bits per heavy atom. The Morgan fingerprint density at radius 3 is 3.10 bits per heavy atom. The quantitative estimate of drug-likeness (QED) is 0.507. The largest absolute Gasteiger partial charge is 0.481 e. The summed E-state index contributed by atoms with van der Waals surface area (Å²) in [7, 11) is 0. The number of aliphatic carboxylic acids is 1. The van der Waals surface area contributed by atoms with E-state index in [0.717, 1.165) is 13.0 Å². The van der Waals surface area contributed by atoms with Gasteiger partial charge in [0.05, 0.1) is 5.92 Å². The molecule has 2 fully saturated rings. The zero-order chi connectivity index (χ0) is 7.14. The molecule has 0 aliphatic carbocycles. The topological polar surface area (TPSA) is 52.6 Å². The van der Waals surface area contributed by atoms with Crippen molar-refractivity contribution in [1.82, 2.24) is 10.4 Å². The van der Waals surface area contributed by atoms with Crippen LogP contribution >= 0.6 is 0 Å². The van der Waals surface area contributed by atoms with E-state index in [4.69, 9.17) is 5.11 Å². The molecule has 4 heteroatoms. The van der Waals surface area contributed by atoms with Crippen LogP contribution in [0.15, 0.2) is 0 Å². The van der Waals surface area contributed by atoms with Gasteiger partial charge in [0.25, 0.3) is 0 Å². The van der Waals surface area contributed by atoms with Crippen LogP contribution in [-0.2, 0) is 4.79 Å². The summed E-state index contributed by atoms with van der Waals surface area (Å²) in [5.41, 5.74) is 3.11. The lowest BCUT2D eigenvalue weighted by Crippen LogP contribution is -2.58. The number of nitrogens with zero attached hydrogens (tertiary/aromatic N) is 1. The molecular weight excluding hydrogens is 132 g/mol. The second-order valence-electron chi connectivity index (χ2n) is 2.86. The van der Waals surface area contributed by atoms with Gasteiger partial charge in [0, 0.05) is 19.1 Å². The van der Waals surface area contributed by atoms with Crippen LogP contribution in [0, 0.1) is 5.92 Å². The summed E-state index contributed by atoms with van der Waals surface area (Å²) in [6, 6.07) is 0.275. The molecule has 10 heavy (non-hydrogen) atoms. The van der Waals surface area contributed by atoms with Gasteiger partial charge < -0.3 is 5.11 Å². The minimum absolute atomic E-state index is 0.116. The molecule has 4 nitrogen and oxygen atoms in total. The number of hydrogen-bond acceptors (Lipinski definition) is 3. The molecular formula is C6H10N2O2. The summed E-state index contributed by atoms with van der Waals surface area (Å²) in [6.45, 7) is 1.62. The summed E-state index contributed by atoms with van der Waals surface area (Å²) in [6.07, 6.45) is 0.983. The van der Waals surface area contributed by atoms with Crippen molar-refractivity contribution in [3.8, 4) is 0 Å². The Kier molecular flexibility index (Phi) is 1.18. The van der Waals surface area contributed by atoms with Crippen LogP contribution in [0.4, 0.5) is 0 Å². The lowest BCUT2D eigenvalue weighted by Gasteiger charge is -2.39. The number of fused-ring (bicyclic) bond motifs is 1. The summed E-state index contributed by atoms with van der Waals surface area (Å²) in [5.74, 6) is -0.764. The van der Waals surface area contributed by atoms with Crippen molar-refractivity contribution in [3.05, 3.63) is 0 Å². The van der Waals surface area contributed by atoms with Gasteiger partial charge in [-0.15, -0.1) is 0 Å². The fraction of sp³-hybridized carbons (Fsp3) is 0.833. The molecule has 0 aromatic heterocycles. The van der Waals surface area contributed by atoms with Gasteiger partial charge in [-0.05, 0) is 6.42 Å². The lowest BCUT2D eigenvalue weighted by atomic mass is 9.90. The smallest absolute Gasteiger partial charge is 0.309 e. The highest BCUT2D eigenvalue weighted by Crippen LogP contribution is 2.28. The summed E-state index contributed by atoms with van der Waals surface area (Å²) >= 11 is 0. The maximum absolute atomic E-state index is 10.5. The van der Waals surface area contributed by atoms with Crippen molar-refractivity contribution in [2.45, 2.75) is 12.5 Å². The van der Waals surface area contributed by atoms with Crippen molar-refractivity contribution >= 4 is 5.97 Å². The number of carbonyl (C=O) groups is 1. The van der Waals surface area contributed by atoms with Crippen LogP contribution in [0.25, 0.3) is 0 Å². The minimum Gasteiger partial charge on any atom is -0.481 e. The lowest BCUT2D eigenvalue weighted by molar-refractivity contribution is -0.152. The fourth-order valence-electron chi connectivity index (χ4n) is 1.69. The number of carboxylic acid groups (broad SMARTS) is 1. The van der Waals surface area contributed by atoms with Gasteiger partial charge in [0.1, 0.15) is 0 Å². The Morgan fingerprint density at radius 1 is 1.70 bits per heavy atom. The molecule has 0 spiro atoms. The molecule has 2 N–H and O–H groups in total. The predicted molar refractivity (Wildman–Crippen MR) is 34.2 cm³/mol. The Bertz CT molecular complexity index is 171. The average molecular weight is 142 g/mol. The highest BCUT2D eigenvalue weighted by molar-refractivity contribution is 5.72. The molecule has 0 amide bonds. The molecule has 2 rings (SSSR count). The zero-order valence-electron chi connectivity index (χ0n) is 5.58. The highest BCUT2D eigenvalue weighted by atomic mass is 16.4. The third-order valence-electron chi connectivity index (χ3n) is 2.33. The third-order valence-corrected chi connectivity index (χ3v) is 2.33. The normalized spacial score (nSPS) is 38.8. The molecule has 2 unspecified atom stereocenters. The number of hydrazine groups is 1. The van der Waals surface area contributed by atoms with Crippen LogP contribution in [-0.4, -0.2) is 35.2 Å². The van der Waals surface area contributed by atoms with Gasteiger partial charge in [-0.1, -0.05) is 0 Å².